The molecule has 1 spiro atoms. The van der Waals surface area contributed by atoms with Gasteiger partial charge in [0.05, 0.1) is 11.4 Å². The summed E-state index contributed by atoms with van der Waals surface area (Å²) in [6.07, 6.45) is 8.10. The minimum Gasteiger partial charge on any atom is -0.383 e. The Kier molecular flexibility index (Phi) is 2.73. The fraction of sp³-hybridized carbons (Fsp3) is 0.600. The zero-order valence-corrected chi connectivity index (χ0v) is 10.7. The highest BCUT2D eigenvalue weighted by atomic mass is 15.1. The first-order valence-corrected chi connectivity index (χ1v) is 6.90. The fourth-order valence-electron chi connectivity index (χ4n) is 3.30. The van der Waals surface area contributed by atoms with Gasteiger partial charge in [0.2, 0.25) is 0 Å². The van der Waals surface area contributed by atoms with Gasteiger partial charge < -0.3 is 10.6 Å². The molecule has 0 bridgehead atoms. The molecular weight excluding hydrogens is 208 g/mol. The van der Waals surface area contributed by atoms with Gasteiger partial charge in [-0.3, -0.25) is 0 Å². The Hall–Kier alpha value is -1.18. The van der Waals surface area contributed by atoms with Crippen molar-refractivity contribution in [2.45, 2.75) is 51.0 Å². The maximum Gasteiger partial charge on any atom is 0.0580 e. The van der Waals surface area contributed by atoms with Crippen LogP contribution in [0, 0.1) is 6.92 Å². The molecule has 2 aliphatic rings. The minimum absolute atomic E-state index is 0.367. The molecule has 0 radical (unpaired) electrons. The molecule has 1 fully saturated rings. The lowest BCUT2D eigenvalue weighted by atomic mass is 9.79. The summed E-state index contributed by atoms with van der Waals surface area (Å²) in [6, 6.07) is 6.69. The Morgan fingerprint density at radius 3 is 2.65 bits per heavy atom. The molecule has 0 atom stereocenters. The van der Waals surface area contributed by atoms with Crippen LogP contribution in [0.3, 0.4) is 0 Å². The van der Waals surface area contributed by atoms with E-state index in [1.165, 1.54) is 55.5 Å². The van der Waals surface area contributed by atoms with Crippen LogP contribution in [0.15, 0.2) is 18.2 Å². The summed E-state index contributed by atoms with van der Waals surface area (Å²) in [4.78, 5) is 0. The molecule has 92 valence electrons. The van der Waals surface area contributed by atoms with Crippen molar-refractivity contribution >= 4 is 11.4 Å². The summed E-state index contributed by atoms with van der Waals surface area (Å²) in [5.41, 5.74) is 4.28. The third-order valence-electron chi connectivity index (χ3n) is 4.30. The second-order valence-electron chi connectivity index (χ2n) is 5.69. The highest BCUT2D eigenvalue weighted by Crippen LogP contribution is 2.38. The van der Waals surface area contributed by atoms with E-state index in [-0.39, 0.29) is 0 Å². The fourth-order valence-corrected chi connectivity index (χ4v) is 3.30. The van der Waals surface area contributed by atoms with E-state index >= 15 is 0 Å². The topological polar surface area (TPSA) is 24.1 Å². The van der Waals surface area contributed by atoms with Gasteiger partial charge in [0.25, 0.3) is 0 Å². The maximum atomic E-state index is 3.84. The van der Waals surface area contributed by atoms with Gasteiger partial charge in [-0.25, -0.2) is 0 Å². The van der Waals surface area contributed by atoms with Gasteiger partial charge in [0, 0.05) is 12.1 Å². The summed E-state index contributed by atoms with van der Waals surface area (Å²) in [5.74, 6) is 0. The molecular formula is C15H22N2. The molecule has 17 heavy (non-hydrogen) atoms. The standard InChI is InChI=1S/C15H22N2/c1-12-5-6-13-14(11-12)16-10-9-15(17-13)7-3-2-4-8-15/h5-6,11,16-17H,2-4,7-10H2,1H3. The first-order valence-electron chi connectivity index (χ1n) is 6.90. The van der Waals surface area contributed by atoms with Crippen molar-refractivity contribution in [1.29, 1.82) is 0 Å². The van der Waals surface area contributed by atoms with E-state index < -0.39 is 0 Å². The van der Waals surface area contributed by atoms with E-state index in [9.17, 15) is 0 Å². The second-order valence-corrected chi connectivity index (χ2v) is 5.69. The Bertz CT molecular complexity index is 405. The van der Waals surface area contributed by atoms with Gasteiger partial charge in [-0.2, -0.15) is 0 Å². The van der Waals surface area contributed by atoms with Gasteiger partial charge in [-0.1, -0.05) is 25.3 Å². The first-order chi connectivity index (χ1) is 8.27. The van der Waals surface area contributed by atoms with Crippen molar-refractivity contribution in [3.8, 4) is 0 Å². The molecule has 1 saturated carbocycles. The number of hydrogen-bond acceptors (Lipinski definition) is 2. The molecule has 2 heteroatoms. The molecule has 0 aromatic heterocycles. The van der Waals surface area contributed by atoms with Crippen LogP contribution >= 0.6 is 0 Å². The zero-order chi connectivity index (χ0) is 11.7. The first kappa shape index (κ1) is 10.9. The SMILES string of the molecule is Cc1ccc2c(c1)NCCC1(CCCCC1)N2. The molecule has 1 aliphatic heterocycles. The van der Waals surface area contributed by atoms with Gasteiger partial charge in [0.15, 0.2) is 0 Å². The van der Waals surface area contributed by atoms with E-state index in [0.29, 0.717) is 5.54 Å². The van der Waals surface area contributed by atoms with Crippen LogP contribution < -0.4 is 10.6 Å². The number of fused-ring (bicyclic) bond motifs is 1. The van der Waals surface area contributed by atoms with E-state index in [0.717, 1.165) is 6.54 Å². The summed E-state index contributed by atoms with van der Waals surface area (Å²) >= 11 is 0. The Morgan fingerprint density at radius 1 is 1.00 bits per heavy atom. The molecule has 1 aromatic rings. The Morgan fingerprint density at radius 2 is 1.82 bits per heavy atom. The molecule has 2 N–H and O–H groups in total. The maximum absolute atomic E-state index is 3.84. The predicted molar refractivity (Wildman–Crippen MR) is 73.7 cm³/mol. The minimum atomic E-state index is 0.367. The summed E-state index contributed by atoms with van der Waals surface area (Å²) < 4.78 is 0. The Balaban J connectivity index is 1.90. The van der Waals surface area contributed by atoms with Gasteiger partial charge in [-0.05, 0) is 43.9 Å². The summed E-state index contributed by atoms with van der Waals surface area (Å²) in [6.45, 7) is 3.26. The highest BCUT2D eigenvalue weighted by Gasteiger charge is 2.33. The number of anilines is 2. The molecule has 3 rings (SSSR count). The zero-order valence-electron chi connectivity index (χ0n) is 10.7. The molecule has 1 aromatic carbocycles. The van der Waals surface area contributed by atoms with Gasteiger partial charge in [-0.15, -0.1) is 0 Å². The molecule has 0 amide bonds. The number of nitrogens with one attached hydrogen (secondary N) is 2. The van der Waals surface area contributed by atoms with E-state index in [1.807, 2.05) is 0 Å². The van der Waals surface area contributed by atoms with Crippen molar-refractivity contribution in [3.05, 3.63) is 23.8 Å². The quantitative estimate of drug-likeness (QED) is 0.705. The van der Waals surface area contributed by atoms with Crippen LogP contribution in [0.2, 0.25) is 0 Å². The average Bonchev–Trinajstić information content (AvgIpc) is 2.49. The second kappa shape index (κ2) is 4.25. The smallest absolute Gasteiger partial charge is 0.0580 e. The lowest BCUT2D eigenvalue weighted by Crippen LogP contribution is -2.40. The normalized spacial score (nSPS) is 22.2. The lowest BCUT2D eigenvalue weighted by molar-refractivity contribution is 0.313. The van der Waals surface area contributed by atoms with Crippen LogP contribution in [0.25, 0.3) is 0 Å². The summed E-state index contributed by atoms with van der Waals surface area (Å²) in [7, 11) is 0. The molecule has 1 heterocycles. The predicted octanol–water partition coefficient (Wildman–Crippen LogP) is 3.93. The molecule has 0 unspecified atom stereocenters. The van der Waals surface area contributed by atoms with Crippen molar-refractivity contribution in [1.82, 2.24) is 0 Å². The van der Waals surface area contributed by atoms with Crippen LogP contribution in [-0.2, 0) is 0 Å². The highest BCUT2D eigenvalue weighted by molar-refractivity contribution is 5.71. The molecule has 1 aliphatic carbocycles. The van der Waals surface area contributed by atoms with Crippen molar-refractivity contribution in [2.75, 3.05) is 17.2 Å². The number of benzene rings is 1. The van der Waals surface area contributed by atoms with E-state index in [1.54, 1.807) is 0 Å². The average molecular weight is 230 g/mol. The number of hydrogen-bond donors (Lipinski definition) is 2. The van der Waals surface area contributed by atoms with E-state index in [2.05, 4.69) is 35.8 Å². The van der Waals surface area contributed by atoms with Crippen LogP contribution in [0.1, 0.15) is 44.1 Å². The largest absolute Gasteiger partial charge is 0.383 e. The number of rotatable bonds is 0. The number of aryl methyl sites for hydroxylation is 1. The molecule has 0 saturated heterocycles. The van der Waals surface area contributed by atoms with Crippen LogP contribution in [-0.4, -0.2) is 12.1 Å². The Labute approximate surface area is 104 Å². The monoisotopic (exact) mass is 230 g/mol. The van der Waals surface area contributed by atoms with Crippen molar-refractivity contribution < 1.29 is 0 Å². The third kappa shape index (κ3) is 2.13. The van der Waals surface area contributed by atoms with Gasteiger partial charge in [0.1, 0.15) is 0 Å². The van der Waals surface area contributed by atoms with Crippen molar-refractivity contribution in [3.63, 3.8) is 0 Å². The third-order valence-corrected chi connectivity index (χ3v) is 4.30. The van der Waals surface area contributed by atoms with Crippen LogP contribution in [0.4, 0.5) is 11.4 Å². The summed E-state index contributed by atoms with van der Waals surface area (Å²) in [5, 5.41) is 7.41. The van der Waals surface area contributed by atoms with Crippen LogP contribution in [0.5, 0.6) is 0 Å². The van der Waals surface area contributed by atoms with Gasteiger partial charge >= 0.3 is 0 Å². The van der Waals surface area contributed by atoms with E-state index in [4.69, 9.17) is 0 Å². The van der Waals surface area contributed by atoms with Crippen molar-refractivity contribution in [2.24, 2.45) is 0 Å². The lowest BCUT2D eigenvalue weighted by Gasteiger charge is -2.38. The molecule has 2 nitrogen and oxygen atoms in total.